The molecule has 2 aromatic rings. The van der Waals surface area contributed by atoms with Crippen molar-refractivity contribution in [2.45, 2.75) is 18.9 Å². The molecule has 3 heterocycles. The van der Waals surface area contributed by atoms with E-state index in [9.17, 15) is 0 Å². The second-order valence-corrected chi connectivity index (χ2v) is 6.25. The van der Waals surface area contributed by atoms with Crippen molar-refractivity contribution in [3.05, 3.63) is 24.3 Å². The van der Waals surface area contributed by atoms with Gasteiger partial charge in [0.1, 0.15) is 0 Å². The molecular formula is C14H17N3S. The molecule has 0 N–H and O–H groups in total. The lowest BCUT2D eigenvalue weighted by molar-refractivity contribution is 0.231. The van der Waals surface area contributed by atoms with Crippen molar-refractivity contribution in [3.63, 3.8) is 0 Å². The van der Waals surface area contributed by atoms with Crippen molar-refractivity contribution >= 4 is 26.7 Å². The topological polar surface area (TPSA) is 19.4 Å². The summed E-state index contributed by atoms with van der Waals surface area (Å²) in [6, 6.07) is 9.22. The van der Waals surface area contributed by atoms with Crippen LogP contribution in [0.3, 0.4) is 0 Å². The fourth-order valence-corrected chi connectivity index (χ4v) is 4.16. The van der Waals surface area contributed by atoms with Crippen LogP contribution in [0.2, 0.25) is 0 Å². The Morgan fingerprint density at radius 2 is 2.11 bits per heavy atom. The number of aromatic nitrogens is 1. The van der Waals surface area contributed by atoms with E-state index >= 15 is 0 Å². The fourth-order valence-electron chi connectivity index (χ4n) is 3.16. The monoisotopic (exact) mass is 259 g/mol. The van der Waals surface area contributed by atoms with E-state index in [-0.39, 0.29) is 0 Å². The molecule has 0 spiro atoms. The standard InChI is InChI=1S/C14H17N3S/c1-2-6-13-12(5-1)15-14(18-13)17-9-8-16-7-3-4-11(16)10-17/h1-2,5-6,11H,3-4,7-10H2/t11-/m0/s1. The van der Waals surface area contributed by atoms with Crippen molar-refractivity contribution in [2.24, 2.45) is 0 Å². The summed E-state index contributed by atoms with van der Waals surface area (Å²) in [6.07, 6.45) is 2.74. The third-order valence-electron chi connectivity index (χ3n) is 4.14. The van der Waals surface area contributed by atoms with Crippen LogP contribution in [0.15, 0.2) is 24.3 Å². The molecule has 2 fully saturated rings. The van der Waals surface area contributed by atoms with Gasteiger partial charge in [-0.05, 0) is 31.5 Å². The maximum absolute atomic E-state index is 4.78. The first-order valence-corrected chi connectivity index (χ1v) is 7.56. The Labute approximate surface area is 111 Å². The molecule has 4 rings (SSSR count). The molecule has 0 amide bonds. The van der Waals surface area contributed by atoms with Crippen molar-refractivity contribution in [3.8, 4) is 0 Å². The van der Waals surface area contributed by atoms with Gasteiger partial charge in [-0.1, -0.05) is 23.5 Å². The Morgan fingerprint density at radius 1 is 1.17 bits per heavy atom. The first-order chi connectivity index (χ1) is 8.90. The molecule has 0 unspecified atom stereocenters. The van der Waals surface area contributed by atoms with Crippen LogP contribution in [0.25, 0.3) is 10.2 Å². The second kappa shape index (κ2) is 4.21. The van der Waals surface area contributed by atoms with Crippen LogP contribution in [-0.2, 0) is 0 Å². The lowest BCUT2D eigenvalue weighted by Gasteiger charge is -2.37. The predicted octanol–water partition coefficient (Wildman–Crippen LogP) is 2.58. The molecule has 2 aliphatic rings. The first-order valence-electron chi connectivity index (χ1n) is 6.75. The highest BCUT2D eigenvalue weighted by Crippen LogP contribution is 2.31. The number of para-hydroxylation sites is 1. The van der Waals surface area contributed by atoms with Gasteiger partial charge in [0.2, 0.25) is 0 Å². The van der Waals surface area contributed by atoms with Crippen molar-refractivity contribution < 1.29 is 0 Å². The minimum absolute atomic E-state index is 0.769. The van der Waals surface area contributed by atoms with Gasteiger partial charge in [0, 0.05) is 25.7 Å². The minimum Gasteiger partial charge on any atom is -0.345 e. The number of hydrogen-bond acceptors (Lipinski definition) is 4. The van der Waals surface area contributed by atoms with Gasteiger partial charge in [0.25, 0.3) is 0 Å². The van der Waals surface area contributed by atoms with Crippen molar-refractivity contribution in [1.29, 1.82) is 0 Å². The number of nitrogens with zero attached hydrogens (tertiary/aromatic N) is 3. The maximum atomic E-state index is 4.78. The Balaban J connectivity index is 1.62. The van der Waals surface area contributed by atoms with Crippen LogP contribution >= 0.6 is 11.3 Å². The number of piperazine rings is 1. The summed E-state index contributed by atoms with van der Waals surface area (Å²) in [4.78, 5) is 9.90. The summed E-state index contributed by atoms with van der Waals surface area (Å²) in [5, 5.41) is 1.21. The van der Waals surface area contributed by atoms with E-state index < -0.39 is 0 Å². The van der Waals surface area contributed by atoms with E-state index in [0.29, 0.717) is 0 Å². The molecule has 4 heteroatoms. The van der Waals surface area contributed by atoms with Gasteiger partial charge in [0.15, 0.2) is 5.13 Å². The van der Waals surface area contributed by atoms with Gasteiger partial charge in [-0.25, -0.2) is 4.98 Å². The molecule has 1 atom stereocenters. The second-order valence-electron chi connectivity index (χ2n) is 5.24. The minimum atomic E-state index is 0.769. The number of rotatable bonds is 1. The first kappa shape index (κ1) is 10.8. The van der Waals surface area contributed by atoms with E-state index in [2.05, 4.69) is 34.1 Å². The van der Waals surface area contributed by atoms with E-state index in [4.69, 9.17) is 4.98 Å². The van der Waals surface area contributed by atoms with E-state index in [1.165, 1.54) is 42.3 Å². The quantitative estimate of drug-likeness (QED) is 0.784. The maximum Gasteiger partial charge on any atom is 0.186 e. The van der Waals surface area contributed by atoms with Gasteiger partial charge in [-0.3, -0.25) is 4.90 Å². The number of thiazole rings is 1. The van der Waals surface area contributed by atoms with Gasteiger partial charge >= 0.3 is 0 Å². The normalized spacial score (nSPS) is 24.7. The highest BCUT2D eigenvalue weighted by Gasteiger charge is 2.31. The van der Waals surface area contributed by atoms with E-state index in [0.717, 1.165) is 18.1 Å². The zero-order valence-corrected chi connectivity index (χ0v) is 11.2. The molecule has 18 heavy (non-hydrogen) atoms. The van der Waals surface area contributed by atoms with Gasteiger partial charge in [0.05, 0.1) is 10.2 Å². The largest absolute Gasteiger partial charge is 0.345 e. The fraction of sp³-hybridized carbons (Fsp3) is 0.500. The molecular weight excluding hydrogens is 242 g/mol. The van der Waals surface area contributed by atoms with Crippen molar-refractivity contribution in [2.75, 3.05) is 31.1 Å². The molecule has 1 aromatic heterocycles. The summed E-state index contributed by atoms with van der Waals surface area (Å²) in [7, 11) is 0. The molecule has 3 nitrogen and oxygen atoms in total. The summed E-state index contributed by atoms with van der Waals surface area (Å²) < 4.78 is 1.31. The van der Waals surface area contributed by atoms with E-state index in [1.54, 1.807) is 0 Å². The Kier molecular flexibility index (Phi) is 2.52. The van der Waals surface area contributed by atoms with Gasteiger partial charge in [-0.15, -0.1) is 0 Å². The van der Waals surface area contributed by atoms with Crippen LogP contribution < -0.4 is 4.90 Å². The number of fused-ring (bicyclic) bond motifs is 2. The van der Waals surface area contributed by atoms with Gasteiger partial charge in [-0.2, -0.15) is 0 Å². The number of hydrogen-bond donors (Lipinski definition) is 0. The SMILES string of the molecule is c1ccc2sc(N3CCN4CCC[C@H]4C3)nc2c1. The summed E-state index contributed by atoms with van der Waals surface area (Å²) >= 11 is 1.83. The number of benzene rings is 1. The molecule has 0 saturated carbocycles. The van der Waals surface area contributed by atoms with Crippen LogP contribution in [0.4, 0.5) is 5.13 Å². The predicted molar refractivity (Wildman–Crippen MR) is 76.4 cm³/mol. The summed E-state index contributed by atoms with van der Waals surface area (Å²) in [6.45, 7) is 4.81. The zero-order chi connectivity index (χ0) is 11.9. The van der Waals surface area contributed by atoms with E-state index in [1.807, 2.05) is 11.3 Å². The summed E-state index contributed by atoms with van der Waals surface area (Å²) in [5.41, 5.74) is 1.14. The molecule has 0 bridgehead atoms. The molecule has 0 aliphatic carbocycles. The average molecular weight is 259 g/mol. The zero-order valence-electron chi connectivity index (χ0n) is 10.4. The molecule has 94 valence electrons. The molecule has 2 aliphatic heterocycles. The third-order valence-corrected chi connectivity index (χ3v) is 5.24. The Bertz CT molecular complexity index is 532. The summed E-state index contributed by atoms with van der Waals surface area (Å²) in [5.74, 6) is 0. The highest BCUT2D eigenvalue weighted by atomic mass is 32.1. The Hall–Kier alpha value is -1.13. The van der Waals surface area contributed by atoms with Crippen molar-refractivity contribution in [1.82, 2.24) is 9.88 Å². The van der Waals surface area contributed by atoms with Crippen LogP contribution in [0, 0.1) is 0 Å². The molecule has 2 saturated heterocycles. The number of anilines is 1. The van der Waals surface area contributed by atoms with Crippen LogP contribution in [-0.4, -0.2) is 42.1 Å². The molecule has 1 aromatic carbocycles. The third kappa shape index (κ3) is 1.71. The average Bonchev–Trinajstić information content (AvgIpc) is 3.04. The van der Waals surface area contributed by atoms with Gasteiger partial charge < -0.3 is 4.90 Å². The lowest BCUT2D eigenvalue weighted by Crippen LogP contribution is -2.50. The van der Waals surface area contributed by atoms with Crippen LogP contribution in [0.5, 0.6) is 0 Å². The Morgan fingerprint density at radius 3 is 3.06 bits per heavy atom. The lowest BCUT2D eigenvalue weighted by atomic mass is 10.2. The van der Waals surface area contributed by atoms with Crippen LogP contribution in [0.1, 0.15) is 12.8 Å². The smallest absolute Gasteiger partial charge is 0.186 e. The molecule has 0 radical (unpaired) electrons. The highest BCUT2D eigenvalue weighted by molar-refractivity contribution is 7.22.